The van der Waals surface area contributed by atoms with E-state index in [9.17, 15) is 9.59 Å². The van der Waals surface area contributed by atoms with Crippen LogP contribution >= 0.6 is 11.3 Å². The van der Waals surface area contributed by atoms with E-state index in [-0.39, 0.29) is 18.0 Å². The molecule has 2 heterocycles. The molecular weight excluding hydrogens is 336 g/mol. The molecule has 2 aromatic rings. The fourth-order valence-corrected chi connectivity index (χ4v) is 3.60. The molecule has 1 fully saturated rings. The Hall–Kier alpha value is -2.38. The van der Waals surface area contributed by atoms with E-state index in [0.717, 1.165) is 25.2 Å². The second-order valence-electron chi connectivity index (χ2n) is 6.16. The van der Waals surface area contributed by atoms with Gasteiger partial charge in [0.05, 0.1) is 9.88 Å². The zero-order valence-corrected chi connectivity index (χ0v) is 14.9. The molecule has 3 rings (SSSR count). The van der Waals surface area contributed by atoms with Crippen molar-refractivity contribution >= 4 is 34.0 Å². The van der Waals surface area contributed by atoms with E-state index in [4.69, 9.17) is 0 Å². The maximum absolute atomic E-state index is 12.4. The molecule has 0 radical (unpaired) electrons. The van der Waals surface area contributed by atoms with Crippen LogP contribution in [0.15, 0.2) is 42.5 Å². The van der Waals surface area contributed by atoms with Crippen molar-refractivity contribution < 1.29 is 9.59 Å². The molecule has 6 nitrogen and oxygen atoms in total. The Morgan fingerprint density at radius 3 is 2.68 bits per heavy atom. The van der Waals surface area contributed by atoms with Gasteiger partial charge in [0, 0.05) is 11.7 Å². The van der Waals surface area contributed by atoms with Gasteiger partial charge in [-0.1, -0.05) is 25.1 Å². The predicted molar refractivity (Wildman–Crippen MR) is 101 cm³/mol. The van der Waals surface area contributed by atoms with Crippen LogP contribution in [0.1, 0.15) is 23.0 Å². The molecule has 0 saturated carbocycles. The van der Waals surface area contributed by atoms with Gasteiger partial charge < -0.3 is 16.0 Å². The van der Waals surface area contributed by atoms with Gasteiger partial charge >= 0.3 is 6.03 Å². The summed E-state index contributed by atoms with van der Waals surface area (Å²) < 4.78 is 0. The van der Waals surface area contributed by atoms with E-state index >= 15 is 0 Å². The van der Waals surface area contributed by atoms with Crippen molar-refractivity contribution in [1.82, 2.24) is 10.6 Å². The number of urea groups is 1. The number of carbonyl (C=O) groups is 2. The highest BCUT2D eigenvalue weighted by Gasteiger charge is 2.23. The fourth-order valence-electron chi connectivity index (χ4n) is 2.79. The average molecular weight is 358 g/mol. The standard InChI is InChI=1S/C18H22N4O2S/c1-12-11-19-10-9-14(12)21-17(23)15-7-8-16(25-15)22-18(24)20-13-5-3-2-4-6-13/h2-8,12,14,19H,9-11H2,1H3,(H,21,23)(H2,20,22,24). The van der Waals surface area contributed by atoms with Gasteiger partial charge in [0.15, 0.2) is 0 Å². The normalized spacial score (nSPS) is 19.9. The highest BCUT2D eigenvalue weighted by atomic mass is 32.1. The van der Waals surface area contributed by atoms with E-state index < -0.39 is 0 Å². The number of hydrogen-bond donors (Lipinski definition) is 4. The zero-order valence-electron chi connectivity index (χ0n) is 14.0. The smallest absolute Gasteiger partial charge is 0.324 e. The Balaban J connectivity index is 1.54. The van der Waals surface area contributed by atoms with Crippen LogP contribution in [-0.2, 0) is 0 Å². The van der Waals surface area contributed by atoms with Gasteiger partial charge in [-0.3, -0.25) is 10.1 Å². The molecular formula is C18H22N4O2S. The zero-order chi connectivity index (χ0) is 17.6. The molecule has 1 aliphatic rings. The van der Waals surface area contributed by atoms with Crippen molar-refractivity contribution in [2.75, 3.05) is 23.7 Å². The third kappa shape index (κ3) is 4.80. The molecule has 1 aliphatic heterocycles. The first kappa shape index (κ1) is 17.4. The van der Waals surface area contributed by atoms with Crippen molar-refractivity contribution in [3.05, 3.63) is 47.3 Å². The van der Waals surface area contributed by atoms with Gasteiger partial charge in [-0.15, -0.1) is 11.3 Å². The van der Waals surface area contributed by atoms with Crippen molar-refractivity contribution in [3.63, 3.8) is 0 Å². The molecule has 2 atom stereocenters. The average Bonchev–Trinajstić information content (AvgIpc) is 3.06. The number of carbonyl (C=O) groups excluding carboxylic acids is 2. The largest absolute Gasteiger partial charge is 0.348 e. The maximum Gasteiger partial charge on any atom is 0.324 e. The van der Waals surface area contributed by atoms with Gasteiger partial charge in [-0.05, 0) is 49.7 Å². The highest BCUT2D eigenvalue weighted by Crippen LogP contribution is 2.23. The van der Waals surface area contributed by atoms with E-state index in [1.165, 1.54) is 11.3 Å². The van der Waals surface area contributed by atoms with Crippen molar-refractivity contribution in [1.29, 1.82) is 0 Å². The third-order valence-corrected chi connectivity index (χ3v) is 5.20. The summed E-state index contributed by atoms with van der Waals surface area (Å²) in [5.74, 6) is 0.326. The van der Waals surface area contributed by atoms with Crippen LogP contribution < -0.4 is 21.3 Å². The summed E-state index contributed by atoms with van der Waals surface area (Å²) in [5, 5.41) is 12.6. The number of nitrogens with one attached hydrogen (secondary N) is 4. The number of anilines is 2. The van der Waals surface area contributed by atoms with Gasteiger partial charge in [0.25, 0.3) is 5.91 Å². The first-order valence-corrected chi connectivity index (χ1v) is 9.18. The number of piperidine rings is 1. The van der Waals surface area contributed by atoms with Crippen LogP contribution in [0.2, 0.25) is 0 Å². The van der Waals surface area contributed by atoms with E-state index in [1.807, 2.05) is 30.3 Å². The molecule has 0 bridgehead atoms. The second kappa shape index (κ2) is 8.13. The number of para-hydroxylation sites is 1. The summed E-state index contributed by atoms with van der Waals surface area (Å²) >= 11 is 1.27. The minimum absolute atomic E-state index is 0.0831. The molecule has 0 aliphatic carbocycles. The minimum atomic E-state index is -0.327. The fraction of sp³-hybridized carbons (Fsp3) is 0.333. The first-order chi connectivity index (χ1) is 12.1. The number of thiophene rings is 1. The van der Waals surface area contributed by atoms with Gasteiger partial charge in [0.1, 0.15) is 0 Å². The summed E-state index contributed by atoms with van der Waals surface area (Å²) in [7, 11) is 0. The molecule has 7 heteroatoms. The Morgan fingerprint density at radius 2 is 1.92 bits per heavy atom. The van der Waals surface area contributed by atoms with Crippen molar-refractivity contribution in [2.45, 2.75) is 19.4 Å². The van der Waals surface area contributed by atoms with Crippen LogP contribution in [-0.4, -0.2) is 31.1 Å². The number of benzene rings is 1. The summed E-state index contributed by atoms with van der Waals surface area (Å²) in [6.45, 7) is 3.97. The van der Waals surface area contributed by atoms with E-state index in [0.29, 0.717) is 15.8 Å². The molecule has 4 N–H and O–H groups in total. The SMILES string of the molecule is CC1CNCCC1NC(=O)c1ccc(NC(=O)Nc2ccccc2)s1. The molecule has 0 spiro atoms. The van der Waals surface area contributed by atoms with Crippen LogP contribution in [0.4, 0.5) is 15.5 Å². The Kier molecular flexibility index (Phi) is 5.67. The Labute approximate surface area is 151 Å². The lowest BCUT2D eigenvalue weighted by atomic mass is 9.95. The Morgan fingerprint density at radius 1 is 1.12 bits per heavy atom. The molecule has 1 aromatic carbocycles. The van der Waals surface area contributed by atoms with E-state index in [1.54, 1.807) is 12.1 Å². The van der Waals surface area contributed by atoms with Gasteiger partial charge in [-0.2, -0.15) is 0 Å². The molecule has 3 amide bonds. The lowest BCUT2D eigenvalue weighted by Crippen LogP contribution is -2.48. The highest BCUT2D eigenvalue weighted by molar-refractivity contribution is 7.18. The van der Waals surface area contributed by atoms with Crippen molar-refractivity contribution in [2.24, 2.45) is 5.92 Å². The van der Waals surface area contributed by atoms with Crippen LogP contribution in [0.25, 0.3) is 0 Å². The topological polar surface area (TPSA) is 82.3 Å². The second-order valence-corrected chi connectivity index (χ2v) is 7.24. The molecule has 1 saturated heterocycles. The van der Waals surface area contributed by atoms with Crippen LogP contribution in [0.3, 0.4) is 0 Å². The van der Waals surface area contributed by atoms with Crippen molar-refractivity contribution in [3.8, 4) is 0 Å². The minimum Gasteiger partial charge on any atom is -0.348 e. The quantitative estimate of drug-likeness (QED) is 0.678. The maximum atomic E-state index is 12.4. The predicted octanol–water partition coefficient (Wildman–Crippen LogP) is 3.12. The number of rotatable bonds is 4. The summed E-state index contributed by atoms with van der Waals surface area (Å²) in [5.41, 5.74) is 0.717. The Bertz CT molecular complexity index is 732. The number of amides is 3. The van der Waals surface area contributed by atoms with Gasteiger partial charge in [-0.25, -0.2) is 4.79 Å². The van der Waals surface area contributed by atoms with E-state index in [2.05, 4.69) is 28.2 Å². The van der Waals surface area contributed by atoms with Gasteiger partial charge in [0.2, 0.25) is 0 Å². The van der Waals surface area contributed by atoms with Crippen LogP contribution in [0.5, 0.6) is 0 Å². The first-order valence-electron chi connectivity index (χ1n) is 8.36. The summed E-state index contributed by atoms with van der Waals surface area (Å²) in [6, 6.07) is 12.6. The molecule has 132 valence electrons. The third-order valence-electron chi connectivity index (χ3n) is 4.20. The summed E-state index contributed by atoms with van der Waals surface area (Å²) in [6.07, 6.45) is 0.933. The number of hydrogen-bond acceptors (Lipinski definition) is 4. The lowest BCUT2D eigenvalue weighted by molar-refractivity contribution is 0.0918. The summed E-state index contributed by atoms with van der Waals surface area (Å²) in [4.78, 5) is 25.0. The lowest BCUT2D eigenvalue weighted by Gasteiger charge is -2.30. The molecule has 1 aromatic heterocycles. The molecule has 25 heavy (non-hydrogen) atoms. The monoisotopic (exact) mass is 358 g/mol. The van der Waals surface area contributed by atoms with Crippen LogP contribution in [0, 0.1) is 5.92 Å². The molecule has 2 unspecified atom stereocenters.